The fourth-order valence-corrected chi connectivity index (χ4v) is 2.24. The molecular weight excluding hydrogens is 276 g/mol. The van der Waals surface area contributed by atoms with Crippen molar-refractivity contribution in [2.45, 2.75) is 6.92 Å². The van der Waals surface area contributed by atoms with Crippen LogP contribution in [-0.2, 0) is 0 Å². The molecule has 0 radical (unpaired) electrons. The van der Waals surface area contributed by atoms with Crippen molar-refractivity contribution in [2.24, 2.45) is 0 Å². The number of fused-ring (bicyclic) bond motifs is 1. The molecule has 2 nitrogen and oxygen atoms in total. The molecule has 3 rings (SSSR count). The van der Waals surface area contributed by atoms with E-state index in [1.165, 1.54) is 5.56 Å². The van der Waals surface area contributed by atoms with Crippen molar-refractivity contribution >= 4 is 21.4 Å². The monoisotopic (exact) mass is 286 g/mol. The molecule has 0 amide bonds. The van der Waals surface area contributed by atoms with Crippen molar-refractivity contribution in [1.82, 2.24) is 9.38 Å². The summed E-state index contributed by atoms with van der Waals surface area (Å²) in [4.78, 5) is 4.48. The first-order chi connectivity index (χ1) is 8.24. The molecule has 0 unspecified atom stereocenters. The Balaban J connectivity index is 2.21. The van der Waals surface area contributed by atoms with Crippen LogP contribution < -0.4 is 0 Å². The largest absolute Gasteiger partial charge is 0.300 e. The normalized spacial score (nSPS) is 10.9. The summed E-state index contributed by atoms with van der Waals surface area (Å²) in [5.74, 6) is 0.979. The minimum atomic E-state index is 0.979. The lowest BCUT2D eigenvalue weighted by molar-refractivity contribution is 1.16. The van der Waals surface area contributed by atoms with Gasteiger partial charge in [0, 0.05) is 16.2 Å². The van der Waals surface area contributed by atoms with Crippen molar-refractivity contribution < 1.29 is 0 Å². The van der Waals surface area contributed by atoms with Crippen LogP contribution in [0, 0.1) is 6.92 Å². The van der Waals surface area contributed by atoms with Crippen LogP contribution in [0.3, 0.4) is 0 Å². The van der Waals surface area contributed by atoms with Crippen LogP contribution in [0.2, 0.25) is 0 Å². The summed E-state index contributed by atoms with van der Waals surface area (Å²) in [7, 11) is 0. The Morgan fingerprint density at radius 1 is 1.12 bits per heavy atom. The molecule has 0 spiro atoms. The molecule has 0 N–H and O–H groups in total. The van der Waals surface area contributed by atoms with Crippen molar-refractivity contribution in [3.05, 3.63) is 58.8 Å². The molecule has 84 valence electrons. The van der Waals surface area contributed by atoms with Gasteiger partial charge in [-0.05, 0) is 19.1 Å². The molecular formula is C14H11BrN2. The van der Waals surface area contributed by atoms with E-state index in [4.69, 9.17) is 0 Å². The van der Waals surface area contributed by atoms with Gasteiger partial charge < -0.3 is 0 Å². The van der Waals surface area contributed by atoms with Crippen LogP contribution in [-0.4, -0.2) is 9.38 Å². The summed E-state index contributed by atoms with van der Waals surface area (Å²) in [6.45, 7) is 2.09. The lowest BCUT2D eigenvalue weighted by Crippen LogP contribution is -1.88. The molecule has 17 heavy (non-hydrogen) atoms. The molecule has 3 aromatic rings. The van der Waals surface area contributed by atoms with Gasteiger partial charge >= 0.3 is 0 Å². The third-order valence-electron chi connectivity index (χ3n) is 2.80. The Labute approximate surface area is 108 Å². The Bertz CT molecular complexity index is 668. The minimum Gasteiger partial charge on any atom is -0.300 e. The van der Waals surface area contributed by atoms with Gasteiger partial charge in [0.25, 0.3) is 0 Å². The molecule has 0 aliphatic rings. The fraction of sp³-hybridized carbons (Fsp3) is 0.0714. The molecule has 0 bridgehead atoms. The fourth-order valence-electron chi connectivity index (χ4n) is 1.89. The summed E-state index contributed by atoms with van der Waals surface area (Å²) in [5, 5.41) is 0. The van der Waals surface area contributed by atoms with E-state index < -0.39 is 0 Å². The number of pyridine rings is 1. The van der Waals surface area contributed by atoms with E-state index in [-0.39, 0.29) is 0 Å². The van der Waals surface area contributed by atoms with Crippen molar-refractivity contribution in [3.63, 3.8) is 0 Å². The molecule has 0 saturated carbocycles. The second-order valence-electron chi connectivity index (χ2n) is 4.09. The minimum absolute atomic E-state index is 0.979. The quantitative estimate of drug-likeness (QED) is 0.659. The Hall–Kier alpha value is -1.61. The molecule has 0 atom stereocenters. The van der Waals surface area contributed by atoms with Crippen LogP contribution in [0.25, 0.3) is 16.9 Å². The van der Waals surface area contributed by atoms with E-state index in [1.54, 1.807) is 0 Å². The second kappa shape index (κ2) is 4.00. The average Bonchev–Trinajstić information content (AvgIpc) is 2.73. The lowest BCUT2D eigenvalue weighted by Gasteiger charge is -2.02. The highest BCUT2D eigenvalue weighted by molar-refractivity contribution is 9.10. The van der Waals surface area contributed by atoms with Crippen LogP contribution in [0.15, 0.2) is 53.3 Å². The van der Waals surface area contributed by atoms with Gasteiger partial charge in [0.2, 0.25) is 0 Å². The van der Waals surface area contributed by atoms with Crippen LogP contribution in [0.4, 0.5) is 0 Å². The third kappa shape index (κ3) is 1.87. The number of hydrogen-bond donors (Lipinski definition) is 0. The van der Waals surface area contributed by atoms with Gasteiger partial charge in [0.15, 0.2) is 0 Å². The summed E-state index contributed by atoms with van der Waals surface area (Å²) >= 11 is 3.47. The second-order valence-corrected chi connectivity index (χ2v) is 5.00. The number of halogens is 1. The molecule has 0 aliphatic heterocycles. The molecule has 2 heterocycles. The number of benzene rings is 1. The predicted molar refractivity (Wildman–Crippen MR) is 73.1 cm³/mol. The Kier molecular flexibility index (Phi) is 2.48. The number of aryl methyl sites for hydroxylation is 1. The first kappa shape index (κ1) is 10.5. The summed E-state index contributed by atoms with van der Waals surface area (Å²) in [5.41, 5.74) is 3.49. The molecule has 0 fully saturated rings. The van der Waals surface area contributed by atoms with Gasteiger partial charge in [0.1, 0.15) is 5.82 Å². The van der Waals surface area contributed by atoms with Crippen LogP contribution in [0.1, 0.15) is 5.56 Å². The van der Waals surface area contributed by atoms with Crippen molar-refractivity contribution in [2.75, 3.05) is 0 Å². The van der Waals surface area contributed by atoms with Gasteiger partial charge in [-0.2, -0.15) is 0 Å². The number of rotatable bonds is 1. The highest BCUT2D eigenvalue weighted by Crippen LogP contribution is 2.22. The van der Waals surface area contributed by atoms with E-state index in [0.717, 1.165) is 21.4 Å². The van der Waals surface area contributed by atoms with Gasteiger partial charge in [-0.1, -0.05) is 45.8 Å². The lowest BCUT2D eigenvalue weighted by atomic mass is 10.1. The first-order valence-electron chi connectivity index (χ1n) is 5.44. The Morgan fingerprint density at radius 2 is 1.88 bits per heavy atom. The number of aromatic nitrogens is 2. The van der Waals surface area contributed by atoms with Gasteiger partial charge in [-0.25, -0.2) is 4.98 Å². The summed E-state index contributed by atoms with van der Waals surface area (Å²) in [6, 6.07) is 12.5. The average molecular weight is 287 g/mol. The maximum atomic E-state index is 4.48. The maximum Gasteiger partial charge on any atom is 0.144 e. The standard InChI is InChI=1S/C14H11BrN2/c1-10-2-4-11(5-3-10)14-16-9-13-8-12(15)6-7-17(13)14/h2-9H,1H3. The smallest absolute Gasteiger partial charge is 0.144 e. The van der Waals surface area contributed by atoms with Crippen molar-refractivity contribution in [3.8, 4) is 11.4 Å². The van der Waals surface area contributed by atoms with E-state index in [9.17, 15) is 0 Å². The molecule has 3 heteroatoms. The van der Waals surface area contributed by atoms with Gasteiger partial charge in [0.05, 0.1) is 11.7 Å². The Morgan fingerprint density at radius 3 is 2.65 bits per heavy atom. The van der Waals surface area contributed by atoms with Crippen LogP contribution in [0.5, 0.6) is 0 Å². The number of hydrogen-bond acceptors (Lipinski definition) is 1. The zero-order valence-electron chi connectivity index (χ0n) is 9.39. The number of imidazole rings is 1. The van der Waals surface area contributed by atoms with E-state index in [0.29, 0.717) is 0 Å². The molecule has 2 aromatic heterocycles. The highest BCUT2D eigenvalue weighted by atomic mass is 79.9. The van der Waals surface area contributed by atoms with Crippen LogP contribution >= 0.6 is 15.9 Å². The molecule has 1 aromatic carbocycles. The maximum absolute atomic E-state index is 4.48. The molecule has 0 saturated heterocycles. The third-order valence-corrected chi connectivity index (χ3v) is 3.30. The molecule has 0 aliphatic carbocycles. The van der Waals surface area contributed by atoms with Crippen molar-refractivity contribution in [1.29, 1.82) is 0 Å². The number of nitrogens with zero attached hydrogens (tertiary/aromatic N) is 2. The zero-order valence-corrected chi connectivity index (χ0v) is 11.0. The topological polar surface area (TPSA) is 17.3 Å². The first-order valence-corrected chi connectivity index (χ1v) is 6.23. The summed E-state index contributed by atoms with van der Waals surface area (Å²) < 4.78 is 3.16. The van der Waals surface area contributed by atoms with E-state index in [1.807, 2.05) is 18.5 Å². The van der Waals surface area contributed by atoms with E-state index >= 15 is 0 Å². The summed E-state index contributed by atoms with van der Waals surface area (Å²) in [6.07, 6.45) is 3.92. The predicted octanol–water partition coefficient (Wildman–Crippen LogP) is 4.07. The SMILES string of the molecule is Cc1ccc(-c2ncc3cc(Br)ccn23)cc1. The highest BCUT2D eigenvalue weighted by Gasteiger charge is 2.05. The van der Waals surface area contributed by atoms with E-state index in [2.05, 4.69) is 62.6 Å². The van der Waals surface area contributed by atoms with Gasteiger partial charge in [-0.15, -0.1) is 0 Å². The van der Waals surface area contributed by atoms with Gasteiger partial charge in [-0.3, -0.25) is 4.40 Å². The zero-order chi connectivity index (χ0) is 11.8.